The molecule has 34 heavy (non-hydrogen) atoms. The number of hydrogen-bond donors (Lipinski definition) is 1. The molecule has 4 rings (SSSR count). The third-order valence-corrected chi connectivity index (χ3v) is 8.97. The number of amides is 1. The number of likely N-dealkylation sites (tertiary alicyclic amines) is 1. The number of nitrogens with one attached hydrogen (secondary N) is 1. The maximum absolute atomic E-state index is 13.1. The minimum absolute atomic E-state index is 0.0920. The summed E-state index contributed by atoms with van der Waals surface area (Å²) in [5.41, 5.74) is 2.05. The number of carbonyl (C=O) groups excluding carboxylic acids is 1. The average molecular weight is 513 g/mol. The van der Waals surface area contributed by atoms with E-state index in [9.17, 15) is 13.2 Å². The van der Waals surface area contributed by atoms with E-state index in [4.69, 9.17) is 0 Å². The normalized spacial score (nSPS) is 14.1. The first-order chi connectivity index (χ1) is 16.5. The Hall–Kier alpha value is -2.42. The quantitative estimate of drug-likeness (QED) is 0.368. The predicted octanol–water partition coefficient (Wildman–Crippen LogP) is 6.13. The van der Waals surface area contributed by atoms with Crippen molar-refractivity contribution in [1.29, 1.82) is 0 Å². The summed E-state index contributed by atoms with van der Waals surface area (Å²) in [5.74, 6) is 0.705. The third kappa shape index (κ3) is 6.17. The molecule has 1 aliphatic rings. The van der Waals surface area contributed by atoms with Crippen molar-refractivity contribution >= 4 is 45.1 Å². The molecule has 0 aromatic heterocycles. The second-order valence-corrected chi connectivity index (χ2v) is 11.7. The predicted molar refractivity (Wildman–Crippen MR) is 141 cm³/mol. The lowest BCUT2D eigenvalue weighted by Crippen LogP contribution is -2.36. The number of rotatable bonds is 8. The molecule has 0 bridgehead atoms. The van der Waals surface area contributed by atoms with Crippen molar-refractivity contribution in [2.75, 3.05) is 24.1 Å². The number of thioether (sulfide) groups is 2. The molecule has 0 saturated carbocycles. The lowest BCUT2D eigenvalue weighted by molar-refractivity contribution is 0.0720. The Balaban J connectivity index is 1.47. The summed E-state index contributed by atoms with van der Waals surface area (Å²) in [7, 11) is -3.83. The summed E-state index contributed by atoms with van der Waals surface area (Å²) < 4.78 is 28.9. The van der Waals surface area contributed by atoms with Crippen molar-refractivity contribution < 1.29 is 13.2 Å². The van der Waals surface area contributed by atoms with Gasteiger partial charge in [-0.2, -0.15) is 0 Å². The number of sulfonamides is 1. The summed E-state index contributed by atoms with van der Waals surface area (Å²) in [6.07, 6.45) is 4.99. The van der Waals surface area contributed by atoms with E-state index < -0.39 is 10.0 Å². The Morgan fingerprint density at radius 1 is 0.941 bits per heavy atom. The van der Waals surface area contributed by atoms with Gasteiger partial charge in [-0.05, 0) is 73.5 Å². The molecule has 5 nitrogen and oxygen atoms in total. The van der Waals surface area contributed by atoms with Crippen LogP contribution in [0, 0.1) is 0 Å². The minimum Gasteiger partial charge on any atom is -0.339 e. The molecule has 8 heteroatoms. The highest BCUT2D eigenvalue weighted by molar-refractivity contribution is 7.98. The first-order valence-electron chi connectivity index (χ1n) is 11.2. The summed E-state index contributed by atoms with van der Waals surface area (Å²) in [5, 5.41) is 0. The third-order valence-electron chi connectivity index (χ3n) is 5.71. The molecule has 1 amide bonds. The monoisotopic (exact) mass is 512 g/mol. The number of nitrogens with zero attached hydrogens (tertiary/aromatic N) is 1. The molecular formula is C26H28N2O3S3. The Kier molecular flexibility index (Phi) is 8.24. The number of carbonyl (C=O) groups is 1. The van der Waals surface area contributed by atoms with Gasteiger partial charge < -0.3 is 4.90 Å². The van der Waals surface area contributed by atoms with Crippen molar-refractivity contribution in [3.05, 3.63) is 83.9 Å². The van der Waals surface area contributed by atoms with Gasteiger partial charge in [0.25, 0.3) is 15.9 Å². The van der Waals surface area contributed by atoms with Crippen molar-refractivity contribution in [1.82, 2.24) is 4.90 Å². The lowest BCUT2D eigenvalue weighted by Gasteiger charge is -2.27. The smallest absolute Gasteiger partial charge is 0.261 e. The molecular weight excluding hydrogens is 484 g/mol. The second-order valence-electron chi connectivity index (χ2n) is 8.12. The molecule has 1 N–H and O–H groups in total. The van der Waals surface area contributed by atoms with Crippen molar-refractivity contribution in [2.24, 2.45) is 0 Å². The van der Waals surface area contributed by atoms with Crippen LogP contribution in [-0.2, 0) is 15.8 Å². The van der Waals surface area contributed by atoms with E-state index in [0.29, 0.717) is 11.3 Å². The number of hydrogen-bond acceptors (Lipinski definition) is 5. The summed E-state index contributed by atoms with van der Waals surface area (Å²) in [4.78, 5) is 17.0. The number of anilines is 1. The van der Waals surface area contributed by atoms with Gasteiger partial charge in [0.1, 0.15) is 0 Å². The maximum Gasteiger partial charge on any atom is 0.261 e. The highest BCUT2D eigenvalue weighted by Gasteiger charge is 2.24. The fourth-order valence-corrected chi connectivity index (χ4v) is 6.39. The molecule has 0 radical (unpaired) electrons. The molecule has 3 aromatic carbocycles. The molecule has 0 atom stereocenters. The molecule has 0 aliphatic carbocycles. The standard InChI is InChI=1S/C26H28N2O3S3/c1-32-25-15-14-23(18-24(25)26(29)28-16-6-3-7-17-28)34(30,31)27-21-12-10-20(11-13-21)19-33-22-8-4-2-5-9-22/h2,4-5,8-15,18,27H,3,6-7,16-17,19H2,1H3. The average Bonchev–Trinajstić information content (AvgIpc) is 2.88. The Bertz CT molecular complexity index is 1220. The molecule has 1 fully saturated rings. The van der Waals surface area contributed by atoms with E-state index in [-0.39, 0.29) is 10.8 Å². The van der Waals surface area contributed by atoms with Gasteiger partial charge in [-0.25, -0.2) is 8.42 Å². The summed E-state index contributed by atoms with van der Waals surface area (Å²) in [6, 6.07) is 22.3. The van der Waals surface area contributed by atoms with Gasteiger partial charge in [0.15, 0.2) is 0 Å². The van der Waals surface area contributed by atoms with Crippen LogP contribution >= 0.6 is 23.5 Å². The lowest BCUT2D eigenvalue weighted by atomic mass is 10.1. The fourth-order valence-electron chi connectivity index (χ4n) is 3.86. The van der Waals surface area contributed by atoms with Crippen LogP contribution in [0.4, 0.5) is 5.69 Å². The van der Waals surface area contributed by atoms with Crippen LogP contribution in [0.15, 0.2) is 87.5 Å². The van der Waals surface area contributed by atoms with Crippen LogP contribution < -0.4 is 4.72 Å². The van der Waals surface area contributed by atoms with Gasteiger partial charge in [0.2, 0.25) is 0 Å². The molecule has 1 saturated heterocycles. The topological polar surface area (TPSA) is 66.5 Å². The molecule has 178 valence electrons. The highest BCUT2D eigenvalue weighted by Crippen LogP contribution is 2.28. The van der Waals surface area contributed by atoms with E-state index in [0.717, 1.165) is 48.6 Å². The molecule has 1 heterocycles. The SMILES string of the molecule is CSc1ccc(S(=O)(=O)Nc2ccc(CSc3ccccc3)cc2)cc1C(=O)N1CCCCC1. The second kappa shape index (κ2) is 11.3. The van der Waals surface area contributed by atoms with Gasteiger partial charge in [-0.3, -0.25) is 9.52 Å². The van der Waals surface area contributed by atoms with Crippen LogP contribution in [0.5, 0.6) is 0 Å². The van der Waals surface area contributed by atoms with E-state index in [1.54, 1.807) is 36.0 Å². The maximum atomic E-state index is 13.1. The van der Waals surface area contributed by atoms with Crippen LogP contribution in [0.3, 0.4) is 0 Å². The zero-order chi connectivity index (χ0) is 24.0. The Morgan fingerprint density at radius 2 is 1.65 bits per heavy atom. The highest BCUT2D eigenvalue weighted by atomic mass is 32.2. The van der Waals surface area contributed by atoms with E-state index >= 15 is 0 Å². The number of benzene rings is 3. The van der Waals surface area contributed by atoms with E-state index in [1.165, 1.54) is 22.7 Å². The number of piperidine rings is 1. The van der Waals surface area contributed by atoms with Crippen LogP contribution in [0.2, 0.25) is 0 Å². The molecule has 0 unspecified atom stereocenters. The van der Waals surface area contributed by atoms with Gasteiger partial charge in [-0.1, -0.05) is 30.3 Å². The summed E-state index contributed by atoms with van der Waals surface area (Å²) in [6.45, 7) is 1.44. The zero-order valence-corrected chi connectivity index (χ0v) is 21.5. The molecule has 3 aromatic rings. The molecule has 1 aliphatic heterocycles. The van der Waals surface area contributed by atoms with Crippen LogP contribution in [0.1, 0.15) is 35.2 Å². The summed E-state index contributed by atoms with van der Waals surface area (Å²) >= 11 is 3.18. The largest absolute Gasteiger partial charge is 0.339 e. The van der Waals surface area contributed by atoms with Crippen LogP contribution in [-0.4, -0.2) is 38.6 Å². The minimum atomic E-state index is -3.83. The first kappa shape index (κ1) is 24.7. The van der Waals surface area contributed by atoms with Crippen molar-refractivity contribution in [3.63, 3.8) is 0 Å². The fraction of sp³-hybridized carbons (Fsp3) is 0.269. The van der Waals surface area contributed by atoms with Gasteiger partial charge >= 0.3 is 0 Å². The van der Waals surface area contributed by atoms with Gasteiger partial charge in [-0.15, -0.1) is 23.5 Å². The zero-order valence-electron chi connectivity index (χ0n) is 19.1. The van der Waals surface area contributed by atoms with Gasteiger partial charge in [0.05, 0.1) is 10.5 Å². The van der Waals surface area contributed by atoms with E-state index in [1.807, 2.05) is 41.5 Å². The van der Waals surface area contributed by atoms with E-state index in [2.05, 4.69) is 16.9 Å². The Labute approximate surface area is 210 Å². The van der Waals surface area contributed by atoms with Crippen molar-refractivity contribution in [3.8, 4) is 0 Å². The Morgan fingerprint density at radius 3 is 2.32 bits per heavy atom. The molecule has 0 spiro atoms. The van der Waals surface area contributed by atoms with Crippen LogP contribution in [0.25, 0.3) is 0 Å². The van der Waals surface area contributed by atoms with Gasteiger partial charge in [0, 0.05) is 34.3 Å². The van der Waals surface area contributed by atoms with Crippen molar-refractivity contribution in [2.45, 2.75) is 39.7 Å². The first-order valence-corrected chi connectivity index (χ1v) is 14.9.